The average molecular weight is 985 g/mol. The number of unbranched alkanes of at least 4 members (excludes halogenated alkanes) is 45. The Balaban J connectivity index is 3.51. The van der Waals surface area contributed by atoms with Gasteiger partial charge in [0.05, 0.1) is 18.8 Å². The number of carbonyl (C=O) groups excluding carboxylic acids is 1. The number of aliphatic hydroxyl groups excluding tert-OH is 3. The maximum Gasteiger partial charge on any atom is 0.220 e. The van der Waals surface area contributed by atoms with Crippen LogP contribution in [0.4, 0.5) is 0 Å². The van der Waals surface area contributed by atoms with Gasteiger partial charge in [-0.2, -0.15) is 0 Å². The molecule has 0 aromatic carbocycles. The van der Waals surface area contributed by atoms with Crippen LogP contribution in [-0.2, 0) is 4.79 Å². The van der Waals surface area contributed by atoms with Crippen molar-refractivity contribution in [1.82, 2.24) is 5.32 Å². The third-order valence-electron chi connectivity index (χ3n) is 15.0. The van der Waals surface area contributed by atoms with Crippen molar-refractivity contribution in [2.75, 3.05) is 6.61 Å². The molecule has 0 aromatic rings. The number of hydrogen-bond donors (Lipinski definition) is 4. The minimum absolute atomic E-state index is 0.149. The van der Waals surface area contributed by atoms with Crippen LogP contribution in [0.2, 0.25) is 0 Å². The van der Waals surface area contributed by atoms with Crippen molar-refractivity contribution < 1.29 is 20.1 Å². The zero-order valence-electron chi connectivity index (χ0n) is 47.4. The first-order valence-corrected chi connectivity index (χ1v) is 31.8. The highest BCUT2D eigenvalue weighted by atomic mass is 16.3. The second-order valence-electron chi connectivity index (χ2n) is 22.0. The van der Waals surface area contributed by atoms with Crippen LogP contribution in [0.1, 0.15) is 348 Å². The summed E-state index contributed by atoms with van der Waals surface area (Å²) in [5.74, 6) is -0.149. The molecule has 0 radical (unpaired) electrons. The van der Waals surface area contributed by atoms with Gasteiger partial charge < -0.3 is 20.6 Å². The highest BCUT2D eigenvalue weighted by Crippen LogP contribution is 2.18. The lowest BCUT2D eigenvalue weighted by Gasteiger charge is -2.26. The summed E-state index contributed by atoms with van der Waals surface area (Å²) in [7, 11) is 0. The topological polar surface area (TPSA) is 89.8 Å². The average Bonchev–Trinajstić information content (AvgIpc) is 3.36. The zero-order chi connectivity index (χ0) is 50.7. The van der Waals surface area contributed by atoms with E-state index in [1.807, 2.05) is 0 Å². The van der Waals surface area contributed by atoms with Crippen LogP contribution < -0.4 is 5.32 Å². The van der Waals surface area contributed by atoms with Crippen LogP contribution in [0, 0.1) is 0 Å². The Morgan fingerprint density at radius 3 is 0.914 bits per heavy atom. The van der Waals surface area contributed by atoms with E-state index in [0.29, 0.717) is 12.8 Å². The normalized spacial score (nSPS) is 13.4. The van der Waals surface area contributed by atoms with Crippen molar-refractivity contribution in [2.24, 2.45) is 0 Å². The van der Waals surface area contributed by atoms with Gasteiger partial charge in [-0.3, -0.25) is 4.79 Å². The predicted octanol–water partition coefficient (Wildman–Crippen LogP) is 20.2. The monoisotopic (exact) mass is 984 g/mol. The largest absolute Gasteiger partial charge is 0.394 e. The number of hydrogen-bond acceptors (Lipinski definition) is 4. The van der Waals surface area contributed by atoms with E-state index in [2.05, 4.69) is 55.6 Å². The number of carbonyl (C=O) groups is 1. The van der Waals surface area contributed by atoms with Crippen molar-refractivity contribution >= 4 is 5.91 Å². The van der Waals surface area contributed by atoms with E-state index in [1.165, 1.54) is 276 Å². The molecule has 0 rings (SSSR count). The molecule has 0 bridgehead atoms. The Morgan fingerprint density at radius 1 is 0.357 bits per heavy atom. The van der Waals surface area contributed by atoms with Crippen molar-refractivity contribution in [3.8, 4) is 0 Å². The van der Waals surface area contributed by atoms with E-state index in [1.54, 1.807) is 0 Å². The van der Waals surface area contributed by atoms with Gasteiger partial charge in [0.25, 0.3) is 0 Å². The van der Waals surface area contributed by atoms with Crippen molar-refractivity contribution in [3.63, 3.8) is 0 Å². The predicted molar refractivity (Wildman–Crippen MR) is 310 cm³/mol. The van der Waals surface area contributed by atoms with Gasteiger partial charge >= 0.3 is 0 Å². The van der Waals surface area contributed by atoms with Crippen molar-refractivity contribution in [2.45, 2.75) is 366 Å². The number of rotatable bonds is 59. The zero-order valence-corrected chi connectivity index (χ0v) is 47.4. The molecule has 0 saturated carbocycles. The van der Waals surface area contributed by atoms with Gasteiger partial charge in [-0.1, -0.05) is 307 Å². The first-order valence-electron chi connectivity index (χ1n) is 31.8. The van der Waals surface area contributed by atoms with Gasteiger partial charge in [0.1, 0.15) is 6.10 Å². The lowest BCUT2D eigenvalue weighted by atomic mass is 10.0. The Labute approximate surface area is 438 Å². The van der Waals surface area contributed by atoms with Crippen LogP contribution in [0.25, 0.3) is 0 Å². The molecular formula is C65H125NO4. The standard InChI is InChI=1S/C65H125NO4/c1-3-5-7-9-11-13-15-17-19-21-23-25-26-27-28-29-30-31-32-33-34-35-36-37-38-40-42-44-46-48-50-52-54-56-58-60-64(69)66-62(61-67)65(70)63(68)59-57-55-53-51-49-47-45-43-41-39-24-22-20-18-16-14-12-10-8-6-4-2/h26-27,29-30,51,53,62-63,65,67-68,70H,3-25,28,31-50,52,54-61H2,1-2H3,(H,66,69)/b27-26-,30-29-,53-51+. The second kappa shape index (κ2) is 60.1. The molecule has 0 fully saturated rings. The van der Waals surface area contributed by atoms with Gasteiger partial charge in [-0.05, 0) is 70.6 Å². The first kappa shape index (κ1) is 68.6. The van der Waals surface area contributed by atoms with Crippen molar-refractivity contribution in [3.05, 3.63) is 36.5 Å². The quantitative estimate of drug-likeness (QED) is 0.0361. The summed E-state index contributed by atoms with van der Waals surface area (Å²) in [6, 6.07) is -0.826. The molecule has 1 amide bonds. The van der Waals surface area contributed by atoms with E-state index < -0.39 is 18.2 Å². The van der Waals surface area contributed by atoms with Gasteiger partial charge in [0.15, 0.2) is 0 Å². The second-order valence-corrected chi connectivity index (χ2v) is 22.0. The maximum absolute atomic E-state index is 12.5. The molecule has 0 aliphatic heterocycles. The molecule has 0 saturated heterocycles. The molecular weight excluding hydrogens is 859 g/mol. The number of nitrogens with one attached hydrogen (secondary N) is 1. The summed E-state index contributed by atoms with van der Waals surface area (Å²) < 4.78 is 0. The molecule has 0 aliphatic rings. The molecule has 5 nitrogen and oxygen atoms in total. The van der Waals surface area contributed by atoms with Crippen LogP contribution in [0.5, 0.6) is 0 Å². The van der Waals surface area contributed by atoms with E-state index in [9.17, 15) is 20.1 Å². The summed E-state index contributed by atoms with van der Waals surface area (Å²) >= 11 is 0. The lowest BCUT2D eigenvalue weighted by molar-refractivity contribution is -0.124. The summed E-state index contributed by atoms with van der Waals surface area (Å²) in [6.45, 7) is 4.21. The van der Waals surface area contributed by atoms with Crippen LogP contribution in [0.15, 0.2) is 36.5 Å². The highest BCUT2D eigenvalue weighted by Gasteiger charge is 2.26. The third-order valence-corrected chi connectivity index (χ3v) is 15.0. The molecule has 0 aliphatic carbocycles. The van der Waals surface area contributed by atoms with Crippen LogP contribution >= 0.6 is 0 Å². The van der Waals surface area contributed by atoms with Crippen molar-refractivity contribution in [1.29, 1.82) is 0 Å². The van der Waals surface area contributed by atoms with E-state index in [0.717, 1.165) is 44.9 Å². The molecule has 4 N–H and O–H groups in total. The Morgan fingerprint density at radius 2 is 0.614 bits per heavy atom. The lowest BCUT2D eigenvalue weighted by Crippen LogP contribution is -2.50. The maximum atomic E-state index is 12.5. The van der Waals surface area contributed by atoms with E-state index in [4.69, 9.17) is 0 Å². The molecule has 0 aromatic heterocycles. The number of allylic oxidation sites excluding steroid dienone is 6. The van der Waals surface area contributed by atoms with E-state index >= 15 is 0 Å². The summed E-state index contributed by atoms with van der Waals surface area (Å²) in [5, 5.41) is 33.8. The Kier molecular flexibility index (Phi) is 58.9. The molecule has 414 valence electrons. The van der Waals surface area contributed by atoms with Gasteiger partial charge in [-0.15, -0.1) is 0 Å². The smallest absolute Gasteiger partial charge is 0.220 e. The molecule has 0 heterocycles. The Hall–Kier alpha value is -1.43. The fourth-order valence-electron chi connectivity index (χ4n) is 10.1. The SMILES string of the molecule is CCCCCCCCCCCCC/C=C\C/C=C\CCCCCCCCCCCCCCCCCCCC(=O)NC(CO)C(O)C(O)CCC/C=C/CCCCCCCCCCCCCCCCCC. The van der Waals surface area contributed by atoms with Gasteiger partial charge in [0.2, 0.25) is 5.91 Å². The number of amides is 1. The molecule has 3 unspecified atom stereocenters. The fraction of sp³-hybridized carbons (Fsp3) is 0.892. The summed E-state index contributed by atoms with van der Waals surface area (Å²) in [6.07, 6.45) is 79.1. The molecule has 70 heavy (non-hydrogen) atoms. The minimum atomic E-state index is -1.16. The molecule has 3 atom stereocenters. The molecule has 5 heteroatoms. The van der Waals surface area contributed by atoms with Crippen LogP contribution in [0.3, 0.4) is 0 Å². The fourth-order valence-corrected chi connectivity index (χ4v) is 10.1. The van der Waals surface area contributed by atoms with E-state index in [-0.39, 0.29) is 12.5 Å². The number of aliphatic hydroxyl groups is 3. The third kappa shape index (κ3) is 54.3. The Bertz CT molecular complexity index is 1090. The minimum Gasteiger partial charge on any atom is -0.394 e. The first-order chi connectivity index (χ1) is 34.6. The highest BCUT2D eigenvalue weighted by molar-refractivity contribution is 5.76. The van der Waals surface area contributed by atoms with Crippen LogP contribution in [-0.4, -0.2) is 46.1 Å². The summed E-state index contributed by atoms with van der Waals surface area (Å²) in [4.78, 5) is 12.5. The summed E-state index contributed by atoms with van der Waals surface area (Å²) in [5.41, 5.74) is 0. The van der Waals surface area contributed by atoms with Gasteiger partial charge in [0, 0.05) is 6.42 Å². The van der Waals surface area contributed by atoms with Gasteiger partial charge in [-0.25, -0.2) is 0 Å². The molecule has 0 spiro atoms.